The van der Waals surface area contributed by atoms with Crippen molar-refractivity contribution in [2.75, 3.05) is 6.54 Å². The highest BCUT2D eigenvalue weighted by molar-refractivity contribution is 5.82. The maximum atomic E-state index is 11.8. The van der Waals surface area contributed by atoms with Crippen molar-refractivity contribution in [1.82, 2.24) is 5.32 Å². The van der Waals surface area contributed by atoms with Crippen LogP contribution >= 0.6 is 0 Å². The van der Waals surface area contributed by atoms with Gasteiger partial charge in [-0.05, 0) is 43.4 Å². The molecule has 3 nitrogen and oxygen atoms in total. The fourth-order valence-corrected chi connectivity index (χ4v) is 2.77. The van der Waals surface area contributed by atoms with Gasteiger partial charge >= 0.3 is 0 Å². The molecule has 0 bridgehead atoms. The van der Waals surface area contributed by atoms with Gasteiger partial charge < -0.3 is 10.4 Å². The monoisotopic (exact) mass is 239 g/mol. The lowest BCUT2D eigenvalue weighted by Crippen LogP contribution is -2.45. The second kappa shape index (κ2) is 4.27. The Morgan fingerprint density at radius 1 is 1.35 bits per heavy atom. The summed E-state index contributed by atoms with van der Waals surface area (Å²) in [6, 6.07) is 0. The first-order valence-electron chi connectivity index (χ1n) is 6.82. The smallest absolute Gasteiger partial charge is 0.223 e. The van der Waals surface area contributed by atoms with Crippen molar-refractivity contribution in [3.05, 3.63) is 0 Å². The topological polar surface area (TPSA) is 49.3 Å². The van der Waals surface area contributed by atoms with Crippen molar-refractivity contribution in [3.63, 3.8) is 0 Å². The Morgan fingerprint density at radius 2 is 1.88 bits per heavy atom. The van der Waals surface area contributed by atoms with E-state index in [9.17, 15) is 9.90 Å². The van der Waals surface area contributed by atoms with Crippen LogP contribution in [0.4, 0.5) is 0 Å². The van der Waals surface area contributed by atoms with Crippen molar-refractivity contribution >= 4 is 5.91 Å². The molecule has 3 heteroatoms. The summed E-state index contributed by atoms with van der Waals surface area (Å²) in [5, 5.41) is 13.3. The van der Waals surface area contributed by atoms with E-state index >= 15 is 0 Å². The number of nitrogens with one attached hydrogen (secondary N) is 1. The minimum atomic E-state index is -0.652. The Hall–Kier alpha value is -0.570. The summed E-state index contributed by atoms with van der Waals surface area (Å²) in [5.74, 6) is 1.00. The van der Waals surface area contributed by atoms with Gasteiger partial charge in [-0.1, -0.05) is 20.8 Å². The van der Waals surface area contributed by atoms with E-state index in [2.05, 4.69) is 26.1 Å². The molecular weight excluding hydrogens is 214 g/mol. The number of hydrogen-bond acceptors (Lipinski definition) is 2. The zero-order valence-electron chi connectivity index (χ0n) is 11.3. The summed E-state index contributed by atoms with van der Waals surface area (Å²) < 4.78 is 0. The Kier molecular flexibility index (Phi) is 3.23. The summed E-state index contributed by atoms with van der Waals surface area (Å²) in [6.07, 6.45) is 4.77. The van der Waals surface area contributed by atoms with Gasteiger partial charge in [-0.3, -0.25) is 4.79 Å². The molecule has 98 valence electrons. The van der Waals surface area contributed by atoms with Crippen LogP contribution in [-0.4, -0.2) is 23.2 Å². The first kappa shape index (κ1) is 12.9. The van der Waals surface area contributed by atoms with E-state index in [4.69, 9.17) is 0 Å². The highest BCUT2D eigenvalue weighted by Gasteiger charge is 2.50. The molecule has 2 N–H and O–H groups in total. The van der Waals surface area contributed by atoms with E-state index in [1.807, 2.05) is 0 Å². The summed E-state index contributed by atoms with van der Waals surface area (Å²) in [7, 11) is 0. The van der Waals surface area contributed by atoms with E-state index in [0.717, 1.165) is 32.1 Å². The van der Waals surface area contributed by atoms with Crippen LogP contribution in [0.3, 0.4) is 0 Å². The number of carbonyl (C=O) groups is 1. The molecule has 0 aromatic rings. The van der Waals surface area contributed by atoms with Crippen molar-refractivity contribution in [2.45, 2.75) is 58.5 Å². The predicted molar refractivity (Wildman–Crippen MR) is 67.5 cm³/mol. The van der Waals surface area contributed by atoms with E-state index in [0.29, 0.717) is 12.5 Å². The second-order valence-electron chi connectivity index (χ2n) is 6.87. The maximum absolute atomic E-state index is 11.8. The van der Waals surface area contributed by atoms with Crippen molar-refractivity contribution in [1.29, 1.82) is 0 Å². The molecule has 0 spiro atoms. The summed E-state index contributed by atoms with van der Waals surface area (Å²) in [6.45, 7) is 6.90. The highest BCUT2D eigenvalue weighted by atomic mass is 16.3. The number of amides is 1. The molecule has 2 saturated carbocycles. The minimum Gasteiger partial charge on any atom is -0.388 e. The third-order valence-electron chi connectivity index (χ3n) is 4.63. The molecule has 1 atom stereocenters. The number of carbonyl (C=O) groups excluding carboxylic acids is 1. The van der Waals surface area contributed by atoms with Gasteiger partial charge in [0.25, 0.3) is 0 Å². The van der Waals surface area contributed by atoms with Crippen LogP contribution in [0.15, 0.2) is 0 Å². The van der Waals surface area contributed by atoms with Gasteiger partial charge in [0.05, 0.1) is 5.60 Å². The lowest BCUT2D eigenvalue weighted by Gasteiger charge is -2.35. The van der Waals surface area contributed by atoms with Crippen LogP contribution in [0.5, 0.6) is 0 Å². The summed E-state index contributed by atoms with van der Waals surface area (Å²) >= 11 is 0. The molecule has 2 rings (SSSR count). The largest absolute Gasteiger partial charge is 0.388 e. The van der Waals surface area contributed by atoms with Gasteiger partial charge in [0, 0.05) is 12.5 Å². The molecule has 2 aliphatic rings. The molecule has 17 heavy (non-hydrogen) atoms. The Balaban J connectivity index is 1.76. The second-order valence-corrected chi connectivity index (χ2v) is 6.87. The van der Waals surface area contributed by atoms with Crippen LogP contribution in [0, 0.1) is 17.3 Å². The molecule has 1 amide bonds. The quantitative estimate of drug-likeness (QED) is 0.792. The molecule has 0 aliphatic heterocycles. The molecule has 2 fully saturated rings. The third kappa shape index (κ3) is 3.01. The van der Waals surface area contributed by atoms with E-state index < -0.39 is 5.60 Å². The first-order chi connectivity index (χ1) is 7.82. The average molecular weight is 239 g/mol. The van der Waals surface area contributed by atoms with Crippen LogP contribution in [-0.2, 0) is 4.79 Å². The number of rotatable bonds is 3. The lowest BCUT2D eigenvalue weighted by atomic mass is 9.79. The van der Waals surface area contributed by atoms with Crippen molar-refractivity contribution in [2.24, 2.45) is 17.3 Å². The van der Waals surface area contributed by atoms with Crippen molar-refractivity contribution in [3.8, 4) is 0 Å². The van der Waals surface area contributed by atoms with Crippen LogP contribution in [0.1, 0.15) is 52.9 Å². The summed E-state index contributed by atoms with van der Waals surface area (Å²) in [5.41, 5.74) is -0.477. The fraction of sp³-hybridized carbons (Fsp3) is 0.929. The molecule has 0 heterocycles. The molecular formula is C14H25NO2. The Morgan fingerprint density at radius 3 is 2.35 bits per heavy atom. The molecule has 0 radical (unpaired) electrons. The maximum Gasteiger partial charge on any atom is 0.223 e. The van der Waals surface area contributed by atoms with E-state index in [1.54, 1.807) is 0 Å². The highest BCUT2D eigenvalue weighted by Crippen LogP contribution is 2.51. The minimum absolute atomic E-state index is 0.127. The first-order valence-corrected chi connectivity index (χ1v) is 6.82. The average Bonchev–Trinajstić information content (AvgIpc) is 2.90. The molecule has 0 saturated heterocycles. The van der Waals surface area contributed by atoms with Gasteiger partial charge in [0.2, 0.25) is 5.91 Å². The predicted octanol–water partition coefficient (Wildman–Crippen LogP) is 2.09. The zero-order chi connectivity index (χ0) is 12.7. The molecule has 0 aromatic carbocycles. The van der Waals surface area contributed by atoms with Crippen LogP contribution in [0.25, 0.3) is 0 Å². The number of aliphatic hydroxyl groups is 1. The van der Waals surface area contributed by atoms with E-state index in [-0.39, 0.29) is 17.2 Å². The standard InChI is InChI=1S/C14H25NO2/c1-10-4-6-14(17,7-5-10)9-15-12(16)11-8-13(11,2)3/h10-11,17H,4-9H2,1-3H3,(H,15,16). The van der Waals surface area contributed by atoms with Gasteiger partial charge in [-0.25, -0.2) is 0 Å². The van der Waals surface area contributed by atoms with Gasteiger partial charge in [-0.2, -0.15) is 0 Å². The van der Waals surface area contributed by atoms with E-state index in [1.165, 1.54) is 0 Å². The van der Waals surface area contributed by atoms with Crippen LogP contribution < -0.4 is 5.32 Å². The van der Waals surface area contributed by atoms with Crippen molar-refractivity contribution < 1.29 is 9.90 Å². The Labute approximate surface area is 104 Å². The van der Waals surface area contributed by atoms with Crippen LogP contribution in [0.2, 0.25) is 0 Å². The number of hydrogen-bond donors (Lipinski definition) is 2. The molecule has 2 aliphatic carbocycles. The zero-order valence-corrected chi connectivity index (χ0v) is 11.3. The van der Waals surface area contributed by atoms with Gasteiger partial charge in [-0.15, -0.1) is 0 Å². The lowest BCUT2D eigenvalue weighted by molar-refractivity contribution is -0.124. The summed E-state index contributed by atoms with van der Waals surface area (Å²) in [4.78, 5) is 11.8. The third-order valence-corrected chi connectivity index (χ3v) is 4.63. The SMILES string of the molecule is CC1CCC(O)(CNC(=O)C2CC2(C)C)CC1. The molecule has 0 aromatic heterocycles. The van der Waals surface area contributed by atoms with Gasteiger partial charge in [0.1, 0.15) is 0 Å². The fourth-order valence-electron chi connectivity index (χ4n) is 2.77. The normalized spacial score (nSPS) is 39.8. The Bertz CT molecular complexity index is 303. The molecule has 1 unspecified atom stereocenters. The van der Waals surface area contributed by atoms with Gasteiger partial charge in [0.15, 0.2) is 0 Å².